The molecule has 1 saturated carbocycles. The molecule has 1 atom stereocenters. The van der Waals surface area contributed by atoms with Gasteiger partial charge in [-0.2, -0.15) is 0 Å². The van der Waals surface area contributed by atoms with Crippen molar-refractivity contribution in [2.75, 3.05) is 11.4 Å². The minimum absolute atomic E-state index is 0.116. The lowest BCUT2D eigenvalue weighted by Gasteiger charge is -2.30. The van der Waals surface area contributed by atoms with Crippen LogP contribution in [0.4, 0.5) is 10.1 Å². The third-order valence-electron chi connectivity index (χ3n) is 3.91. The fourth-order valence-corrected chi connectivity index (χ4v) is 2.88. The summed E-state index contributed by atoms with van der Waals surface area (Å²) in [5.74, 6) is -0.140. The molecule has 1 unspecified atom stereocenters. The Morgan fingerprint density at radius 2 is 2.06 bits per heavy atom. The van der Waals surface area contributed by atoms with Gasteiger partial charge in [-0.1, -0.05) is 18.9 Å². The summed E-state index contributed by atoms with van der Waals surface area (Å²) in [4.78, 5) is 2.20. The second kappa shape index (κ2) is 5.70. The van der Waals surface area contributed by atoms with Gasteiger partial charge in [0.1, 0.15) is 5.82 Å². The molecule has 1 aromatic rings. The summed E-state index contributed by atoms with van der Waals surface area (Å²) in [7, 11) is 0. The molecule has 1 aliphatic rings. The van der Waals surface area contributed by atoms with Crippen molar-refractivity contribution in [3.8, 4) is 0 Å². The lowest BCUT2D eigenvalue weighted by Crippen LogP contribution is -2.33. The van der Waals surface area contributed by atoms with Gasteiger partial charge in [-0.05, 0) is 44.4 Å². The zero-order valence-electron chi connectivity index (χ0n) is 11.3. The van der Waals surface area contributed by atoms with Gasteiger partial charge in [0.2, 0.25) is 0 Å². The van der Waals surface area contributed by atoms with Crippen molar-refractivity contribution in [1.29, 1.82) is 0 Å². The molecule has 100 valence electrons. The van der Waals surface area contributed by atoms with Crippen LogP contribution in [-0.4, -0.2) is 12.6 Å². The second-order valence-electron chi connectivity index (χ2n) is 5.22. The summed E-state index contributed by atoms with van der Waals surface area (Å²) >= 11 is 0. The van der Waals surface area contributed by atoms with Gasteiger partial charge in [0.05, 0.1) is 5.69 Å². The number of nitrogens with two attached hydrogens (primary N) is 1. The molecule has 3 heteroatoms. The van der Waals surface area contributed by atoms with E-state index in [2.05, 4.69) is 11.8 Å². The first-order valence-corrected chi connectivity index (χ1v) is 6.95. The number of halogens is 1. The number of rotatable bonds is 4. The highest BCUT2D eigenvalue weighted by molar-refractivity contribution is 5.50. The van der Waals surface area contributed by atoms with Gasteiger partial charge in [0, 0.05) is 18.6 Å². The molecule has 2 N–H and O–H groups in total. The topological polar surface area (TPSA) is 29.3 Å². The Morgan fingerprint density at radius 3 is 2.56 bits per heavy atom. The molecule has 0 aliphatic heterocycles. The summed E-state index contributed by atoms with van der Waals surface area (Å²) in [6, 6.07) is 5.80. The van der Waals surface area contributed by atoms with E-state index in [0.717, 1.165) is 17.8 Å². The number of benzene rings is 1. The quantitative estimate of drug-likeness (QED) is 0.884. The maximum absolute atomic E-state index is 14.2. The van der Waals surface area contributed by atoms with Crippen LogP contribution in [-0.2, 0) is 0 Å². The number of hydrogen-bond donors (Lipinski definition) is 1. The van der Waals surface area contributed by atoms with E-state index in [1.165, 1.54) is 25.7 Å². The van der Waals surface area contributed by atoms with E-state index in [-0.39, 0.29) is 11.9 Å². The van der Waals surface area contributed by atoms with Crippen LogP contribution < -0.4 is 10.6 Å². The van der Waals surface area contributed by atoms with Crippen molar-refractivity contribution in [3.05, 3.63) is 29.6 Å². The lowest BCUT2D eigenvalue weighted by atomic mass is 10.1. The molecule has 0 aromatic heterocycles. The molecule has 0 bridgehead atoms. The van der Waals surface area contributed by atoms with Gasteiger partial charge in [-0.25, -0.2) is 4.39 Å². The Kier molecular flexibility index (Phi) is 4.23. The summed E-state index contributed by atoms with van der Waals surface area (Å²) in [6.45, 7) is 4.83. The summed E-state index contributed by atoms with van der Waals surface area (Å²) in [5, 5.41) is 0. The van der Waals surface area contributed by atoms with Crippen molar-refractivity contribution in [1.82, 2.24) is 0 Å². The molecule has 1 aromatic carbocycles. The van der Waals surface area contributed by atoms with Gasteiger partial charge in [-0.15, -0.1) is 0 Å². The fourth-order valence-electron chi connectivity index (χ4n) is 2.88. The van der Waals surface area contributed by atoms with Crippen molar-refractivity contribution < 1.29 is 4.39 Å². The molecule has 0 radical (unpaired) electrons. The van der Waals surface area contributed by atoms with Crippen LogP contribution in [0.15, 0.2) is 18.2 Å². The van der Waals surface area contributed by atoms with Crippen molar-refractivity contribution in [2.45, 2.75) is 51.6 Å². The molecule has 1 fully saturated rings. The minimum Gasteiger partial charge on any atom is -0.366 e. The minimum atomic E-state index is -0.140. The Balaban J connectivity index is 2.25. The maximum Gasteiger partial charge on any atom is 0.146 e. The van der Waals surface area contributed by atoms with Gasteiger partial charge < -0.3 is 10.6 Å². The van der Waals surface area contributed by atoms with E-state index >= 15 is 0 Å². The number of hydrogen-bond acceptors (Lipinski definition) is 2. The zero-order chi connectivity index (χ0) is 13.1. The Bertz CT molecular complexity index is 397. The van der Waals surface area contributed by atoms with Crippen LogP contribution in [0.1, 0.15) is 51.1 Å². The van der Waals surface area contributed by atoms with Crippen LogP contribution in [0.25, 0.3) is 0 Å². The number of nitrogens with zero attached hydrogens (tertiary/aromatic N) is 1. The van der Waals surface area contributed by atoms with Crippen molar-refractivity contribution >= 4 is 5.69 Å². The van der Waals surface area contributed by atoms with E-state index in [9.17, 15) is 4.39 Å². The van der Waals surface area contributed by atoms with Gasteiger partial charge >= 0.3 is 0 Å². The second-order valence-corrected chi connectivity index (χ2v) is 5.22. The smallest absolute Gasteiger partial charge is 0.146 e. The third kappa shape index (κ3) is 2.66. The Morgan fingerprint density at radius 1 is 1.39 bits per heavy atom. The normalized spacial score (nSPS) is 18.0. The Hall–Kier alpha value is -1.09. The van der Waals surface area contributed by atoms with E-state index < -0.39 is 0 Å². The largest absolute Gasteiger partial charge is 0.366 e. The van der Waals surface area contributed by atoms with Crippen LogP contribution >= 0.6 is 0 Å². The number of anilines is 1. The summed E-state index contributed by atoms with van der Waals surface area (Å²) in [6.07, 6.45) is 4.89. The van der Waals surface area contributed by atoms with E-state index in [4.69, 9.17) is 5.73 Å². The van der Waals surface area contributed by atoms with Gasteiger partial charge in [0.25, 0.3) is 0 Å². The first-order valence-electron chi connectivity index (χ1n) is 6.95. The van der Waals surface area contributed by atoms with Crippen LogP contribution in [0.5, 0.6) is 0 Å². The molecule has 1 aliphatic carbocycles. The molecule has 18 heavy (non-hydrogen) atoms. The van der Waals surface area contributed by atoms with Crippen LogP contribution in [0, 0.1) is 5.82 Å². The van der Waals surface area contributed by atoms with Crippen molar-refractivity contribution in [3.63, 3.8) is 0 Å². The summed E-state index contributed by atoms with van der Waals surface area (Å²) in [5.41, 5.74) is 7.37. The average Bonchev–Trinajstić information content (AvgIpc) is 2.85. The molecule has 0 heterocycles. The highest BCUT2D eigenvalue weighted by Gasteiger charge is 2.23. The SMILES string of the molecule is CCN(c1ccc(C(C)N)cc1F)C1CCCC1. The van der Waals surface area contributed by atoms with Crippen LogP contribution in [0.2, 0.25) is 0 Å². The highest BCUT2D eigenvalue weighted by Crippen LogP contribution is 2.30. The van der Waals surface area contributed by atoms with Gasteiger partial charge in [-0.3, -0.25) is 0 Å². The molecule has 2 rings (SSSR count). The van der Waals surface area contributed by atoms with Crippen LogP contribution in [0.3, 0.4) is 0 Å². The molecule has 0 amide bonds. The maximum atomic E-state index is 14.2. The molecule has 0 spiro atoms. The molecule has 2 nitrogen and oxygen atoms in total. The summed E-state index contributed by atoms with van der Waals surface area (Å²) < 4.78 is 14.2. The lowest BCUT2D eigenvalue weighted by molar-refractivity contribution is 0.576. The first-order chi connectivity index (χ1) is 8.63. The van der Waals surface area contributed by atoms with E-state index in [0.29, 0.717) is 6.04 Å². The standard InChI is InChI=1S/C15H23FN2/c1-3-18(13-6-4-5-7-13)15-9-8-12(11(2)17)10-14(15)16/h8-11,13H,3-7,17H2,1-2H3. The molecule has 0 saturated heterocycles. The predicted octanol–water partition coefficient (Wildman–Crippen LogP) is 3.61. The van der Waals surface area contributed by atoms with Crippen molar-refractivity contribution in [2.24, 2.45) is 5.73 Å². The Labute approximate surface area is 109 Å². The third-order valence-corrected chi connectivity index (χ3v) is 3.91. The highest BCUT2D eigenvalue weighted by atomic mass is 19.1. The molecular formula is C15H23FN2. The fraction of sp³-hybridized carbons (Fsp3) is 0.600. The van der Waals surface area contributed by atoms with E-state index in [1.54, 1.807) is 6.07 Å². The molecular weight excluding hydrogens is 227 g/mol. The monoisotopic (exact) mass is 250 g/mol. The predicted molar refractivity (Wildman–Crippen MR) is 74.3 cm³/mol. The van der Waals surface area contributed by atoms with Gasteiger partial charge in [0.15, 0.2) is 0 Å². The average molecular weight is 250 g/mol. The first kappa shape index (κ1) is 13.3. The zero-order valence-corrected chi connectivity index (χ0v) is 11.3. The van der Waals surface area contributed by atoms with E-state index in [1.807, 2.05) is 19.1 Å².